The second-order valence-electron chi connectivity index (χ2n) is 4.63. The van der Waals surface area contributed by atoms with Crippen molar-refractivity contribution in [2.45, 2.75) is 6.54 Å². The van der Waals surface area contributed by atoms with Crippen LogP contribution in [0.5, 0.6) is 0 Å². The number of fused-ring (bicyclic) bond motifs is 1. The number of amides is 1. The lowest BCUT2D eigenvalue weighted by atomic mass is 10.2. The quantitative estimate of drug-likeness (QED) is 0.687. The number of rotatable bonds is 3. The van der Waals surface area contributed by atoms with E-state index in [-0.39, 0.29) is 23.8 Å². The van der Waals surface area contributed by atoms with Crippen LogP contribution in [-0.4, -0.2) is 15.9 Å². The zero-order chi connectivity index (χ0) is 14.8. The van der Waals surface area contributed by atoms with Gasteiger partial charge in [-0.05, 0) is 23.8 Å². The first kappa shape index (κ1) is 13.1. The van der Waals surface area contributed by atoms with E-state index in [4.69, 9.17) is 0 Å². The average molecular weight is 285 g/mol. The molecule has 0 atom stereocenters. The number of benzene rings is 1. The highest BCUT2D eigenvalue weighted by atomic mass is 19.1. The van der Waals surface area contributed by atoms with Crippen LogP contribution in [0.25, 0.3) is 10.9 Å². The Kier molecular flexibility index (Phi) is 3.27. The first-order chi connectivity index (χ1) is 10.1. The number of aromatic nitrogens is 2. The number of hydrogen-bond donors (Lipinski definition) is 3. The van der Waals surface area contributed by atoms with Gasteiger partial charge in [-0.15, -0.1) is 0 Å². The van der Waals surface area contributed by atoms with Gasteiger partial charge in [-0.2, -0.15) is 0 Å². The minimum Gasteiger partial charge on any atom is -0.350 e. The fraction of sp³-hybridized carbons (Fsp3) is 0.0667. The number of carbonyl (C=O) groups excluding carboxylic acids is 1. The molecule has 1 amide bonds. The van der Waals surface area contributed by atoms with Crippen LogP contribution in [0.1, 0.15) is 16.1 Å². The predicted molar refractivity (Wildman–Crippen MR) is 76.5 cm³/mol. The molecule has 0 radical (unpaired) electrons. The SMILES string of the molecule is O=C(NCc1ccc(=O)[nH]c1)c1cc2c(F)cccc2[nH]1. The highest BCUT2D eigenvalue weighted by molar-refractivity contribution is 5.98. The number of H-pyrrole nitrogens is 2. The molecule has 0 unspecified atom stereocenters. The first-order valence-corrected chi connectivity index (χ1v) is 6.36. The summed E-state index contributed by atoms with van der Waals surface area (Å²) >= 11 is 0. The highest BCUT2D eigenvalue weighted by Crippen LogP contribution is 2.18. The molecule has 0 spiro atoms. The average Bonchev–Trinajstić information content (AvgIpc) is 2.92. The molecule has 21 heavy (non-hydrogen) atoms. The molecule has 0 aliphatic rings. The van der Waals surface area contributed by atoms with E-state index in [1.54, 1.807) is 18.2 Å². The summed E-state index contributed by atoms with van der Waals surface area (Å²) in [5.74, 6) is -0.708. The van der Waals surface area contributed by atoms with Crippen molar-refractivity contribution in [2.24, 2.45) is 0 Å². The van der Waals surface area contributed by atoms with E-state index in [9.17, 15) is 14.0 Å². The van der Waals surface area contributed by atoms with Gasteiger partial charge in [0.25, 0.3) is 5.91 Å². The molecule has 0 saturated heterocycles. The molecule has 0 aliphatic carbocycles. The monoisotopic (exact) mass is 285 g/mol. The van der Waals surface area contributed by atoms with E-state index in [1.807, 2.05) is 0 Å². The number of halogens is 1. The number of aromatic amines is 2. The Labute approximate surface area is 118 Å². The topological polar surface area (TPSA) is 77.8 Å². The minimum atomic E-state index is -0.372. The van der Waals surface area contributed by atoms with E-state index in [2.05, 4.69) is 15.3 Å². The Bertz CT molecular complexity index is 846. The van der Waals surface area contributed by atoms with Crippen LogP contribution >= 0.6 is 0 Å². The molecule has 2 heterocycles. The van der Waals surface area contributed by atoms with Crippen molar-refractivity contribution in [3.05, 3.63) is 70.0 Å². The maximum absolute atomic E-state index is 13.6. The molecule has 1 aromatic carbocycles. The highest BCUT2D eigenvalue weighted by Gasteiger charge is 2.11. The van der Waals surface area contributed by atoms with E-state index in [1.165, 1.54) is 24.4 Å². The standard InChI is InChI=1S/C15H12FN3O2/c16-11-2-1-3-12-10(11)6-13(19-12)15(21)18-8-9-4-5-14(20)17-7-9/h1-7,19H,8H2,(H,17,20)(H,18,21). The van der Waals surface area contributed by atoms with Gasteiger partial charge in [0.05, 0.1) is 0 Å². The van der Waals surface area contributed by atoms with E-state index in [0.29, 0.717) is 16.6 Å². The summed E-state index contributed by atoms with van der Waals surface area (Å²) in [6, 6.07) is 9.13. The molecule has 0 saturated carbocycles. The van der Waals surface area contributed by atoms with Crippen molar-refractivity contribution in [1.82, 2.24) is 15.3 Å². The molecular weight excluding hydrogens is 273 g/mol. The molecule has 0 aliphatic heterocycles. The van der Waals surface area contributed by atoms with Crippen LogP contribution in [0.2, 0.25) is 0 Å². The minimum absolute atomic E-state index is 0.198. The van der Waals surface area contributed by atoms with Gasteiger partial charge in [-0.25, -0.2) is 4.39 Å². The third kappa shape index (κ3) is 2.69. The van der Waals surface area contributed by atoms with Gasteiger partial charge in [0.15, 0.2) is 0 Å². The second kappa shape index (κ2) is 5.24. The van der Waals surface area contributed by atoms with Crippen LogP contribution in [0, 0.1) is 5.82 Å². The molecule has 5 nitrogen and oxygen atoms in total. The van der Waals surface area contributed by atoms with E-state index in [0.717, 1.165) is 5.56 Å². The van der Waals surface area contributed by atoms with Crippen LogP contribution < -0.4 is 10.9 Å². The van der Waals surface area contributed by atoms with E-state index >= 15 is 0 Å². The van der Waals surface area contributed by atoms with Crippen LogP contribution in [-0.2, 0) is 6.54 Å². The van der Waals surface area contributed by atoms with Gasteiger partial charge >= 0.3 is 0 Å². The van der Waals surface area contributed by atoms with Gasteiger partial charge in [-0.1, -0.05) is 12.1 Å². The molecule has 3 aromatic rings. The van der Waals surface area contributed by atoms with Crippen LogP contribution in [0.15, 0.2) is 47.4 Å². The van der Waals surface area contributed by atoms with Gasteiger partial charge in [0.1, 0.15) is 11.5 Å². The summed E-state index contributed by atoms with van der Waals surface area (Å²) < 4.78 is 13.6. The van der Waals surface area contributed by atoms with Crippen molar-refractivity contribution in [2.75, 3.05) is 0 Å². The third-order valence-corrected chi connectivity index (χ3v) is 3.16. The summed E-state index contributed by atoms with van der Waals surface area (Å²) in [5, 5.41) is 3.08. The van der Waals surface area contributed by atoms with Crippen molar-refractivity contribution in [3.63, 3.8) is 0 Å². The lowest BCUT2D eigenvalue weighted by molar-refractivity contribution is 0.0946. The molecule has 6 heteroatoms. The van der Waals surface area contributed by atoms with Crippen LogP contribution in [0.4, 0.5) is 4.39 Å². The fourth-order valence-corrected chi connectivity index (χ4v) is 2.07. The Morgan fingerprint density at radius 2 is 2.10 bits per heavy atom. The Hall–Kier alpha value is -2.89. The molecule has 0 fully saturated rings. The largest absolute Gasteiger partial charge is 0.350 e. The maximum Gasteiger partial charge on any atom is 0.267 e. The molecular formula is C15H12FN3O2. The van der Waals surface area contributed by atoms with Crippen molar-refractivity contribution in [3.8, 4) is 0 Å². The molecule has 106 valence electrons. The number of carbonyl (C=O) groups is 1. The third-order valence-electron chi connectivity index (χ3n) is 3.16. The van der Waals surface area contributed by atoms with Gasteiger partial charge < -0.3 is 15.3 Å². The normalized spacial score (nSPS) is 10.7. The zero-order valence-corrected chi connectivity index (χ0v) is 10.9. The summed E-state index contributed by atoms with van der Waals surface area (Å²) in [5.41, 5.74) is 1.44. The summed E-state index contributed by atoms with van der Waals surface area (Å²) in [7, 11) is 0. The molecule has 2 aromatic heterocycles. The number of hydrogen-bond acceptors (Lipinski definition) is 2. The summed E-state index contributed by atoms with van der Waals surface area (Å²) in [6.07, 6.45) is 1.54. The summed E-state index contributed by atoms with van der Waals surface area (Å²) in [6.45, 7) is 0.271. The van der Waals surface area contributed by atoms with E-state index < -0.39 is 0 Å². The van der Waals surface area contributed by atoms with Crippen molar-refractivity contribution in [1.29, 1.82) is 0 Å². The lowest BCUT2D eigenvalue weighted by Gasteiger charge is -2.03. The second-order valence-corrected chi connectivity index (χ2v) is 4.63. The van der Waals surface area contributed by atoms with Gasteiger partial charge in [-0.3, -0.25) is 9.59 Å². The van der Waals surface area contributed by atoms with Crippen molar-refractivity contribution < 1.29 is 9.18 Å². The number of pyridine rings is 1. The molecule has 3 N–H and O–H groups in total. The van der Waals surface area contributed by atoms with Gasteiger partial charge in [0, 0.05) is 29.7 Å². The lowest BCUT2D eigenvalue weighted by Crippen LogP contribution is -2.23. The molecule has 0 bridgehead atoms. The van der Waals surface area contributed by atoms with Crippen LogP contribution in [0.3, 0.4) is 0 Å². The Morgan fingerprint density at radius 1 is 1.24 bits per heavy atom. The maximum atomic E-state index is 13.6. The zero-order valence-electron chi connectivity index (χ0n) is 10.9. The Morgan fingerprint density at radius 3 is 2.81 bits per heavy atom. The van der Waals surface area contributed by atoms with Crippen molar-refractivity contribution >= 4 is 16.8 Å². The van der Waals surface area contributed by atoms with Gasteiger partial charge in [0.2, 0.25) is 5.56 Å². The Balaban J connectivity index is 1.76. The number of nitrogens with one attached hydrogen (secondary N) is 3. The molecule has 3 rings (SSSR count). The summed E-state index contributed by atoms with van der Waals surface area (Å²) in [4.78, 5) is 28.4. The fourth-order valence-electron chi connectivity index (χ4n) is 2.07. The predicted octanol–water partition coefficient (Wildman–Crippen LogP) is 1.93. The first-order valence-electron chi connectivity index (χ1n) is 6.36. The smallest absolute Gasteiger partial charge is 0.267 e.